The number of rotatable bonds is 4. The molecule has 5 nitrogen and oxygen atoms in total. The van der Waals surface area contributed by atoms with Crippen LogP contribution >= 0.6 is 0 Å². The Morgan fingerprint density at radius 2 is 1.74 bits per heavy atom. The molecule has 1 aliphatic heterocycles. The van der Waals surface area contributed by atoms with Crippen molar-refractivity contribution in [2.75, 3.05) is 28.6 Å². The molecule has 120 valence electrons. The summed E-state index contributed by atoms with van der Waals surface area (Å²) in [6.45, 7) is 0.391. The third-order valence-corrected chi connectivity index (χ3v) is 5.05. The summed E-state index contributed by atoms with van der Waals surface area (Å²) in [6, 6.07) is 16.4. The van der Waals surface area contributed by atoms with Gasteiger partial charge in [0.05, 0.1) is 11.9 Å². The van der Waals surface area contributed by atoms with E-state index in [2.05, 4.69) is 0 Å². The number of nitrogens with zero attached hydrogens (tertiary/aromatic N) is 2. The number of hydrogen-bond acceptors (Lipinski definition) is 3. The van der Waals surface area contributed by atoms with Gasteiger partial charge in [-0.05, 0) is 30.2 Å². The standard InChI is InChI=1S/C17H18N2O3S/c1-23(21,22)19(15-8-3-2-4-9-15)13-17(20)18-12-11-14-7-5-6-10-16(14)18/h2-10H,11-13H2,1H3. The lowest BCUT2D eigenvalue weighted by Crippen LogP contribution is -2.42. The van der Waals surface area contributed by atoms with Gasteiger partial charge in [0.1, 0.15) is 6.54 Å². The average molecular weight is 330 g/mol. The van der Waals surface area contributed by atoms with E-state index < -0.39 is 10.0 Å². The van der Waals surface area contributed by atoms with E-state index in [1.165, 1.54) is 0 Å². The fourth-order valence-electron chi connectivity index (χ4n) is 2.80. The van der Waals surface area contributed by atoms with E-state index in [0.717, 1.165) is 28.2 Å². The number of fused-ring (bicyclic) bond motifs is 1. The maximum Gasteiger partial charge on any atom is 0.247 e. The van der Waals surface area contributed by atoms with Crippen molar-refractivity contribution in [3.8, 4) is 0 Å². The van der Waals surface area contributed by atoms with Crippen molar-refractivity contribution in [3.05, 3.63) is 60.2 Å². The van der Waals surface area contributed by atoms with E-state index in [1.807, 2.05) is 30.3 Å². The molecular formula is C17H18N2O3S. The molecule has 0 N–H and O–H groups in total. The average Bonchev–Trinajstić information content (AvgIpc) is 2.96. The van der Waals surface area contributed by atoms with Gasteiger partial charge in [-0.2, -0.15) is 0 Å². The van der Waals surface area contributed by atoms with E-state index in [-0.39, 0.29) is 12.5 Å². The Bertz CT molecular complexity index is 819. The summed E-state index contributed by atoms with van der Waals surface area (Å²) in [6.07, 6.45) is 1.91. The molecule has 0 bridgehead atoms. The maximum absolute atomic E-state index is 12.7. The molecule has 0 aromatic heterocycles. The topological polar surface area (TPSA) is 57.7 Å². The summed E-state index contributed by atoms with van der Waals surface area (Å²) in [5, 5.41) is 0. The van der Waals surface area contributed by atoms with Crippen LogP contribution in [0.15, 0.2) is 54.6 Å². The summed E-state index contributed by atoms with van der Waals surface area (Å²) in [5.41, 5.74) is 2.49. The third-order valence-electron chi connectivity index (χ3n) is 3.91. The van der Waals surface area contributed by atoms with Crippen LogP contribution in [0.25, 0.3) is 0 Å². The van der Waals surface area contributed by atoms with Crippen molar-refractivity contribution in [3.63, 3.8) is 0 Å². The predicted octanol–water partition coefficient (Wildman–Crippen LogP) is 2.04. The Kier molecular flexibility index (Phi) is 4.09. The van der Waals surface area contributed by atoms with E-state index in [4.69, 9.17) is 0 Å². The van der Waals surface area contributed by atoms with Crippen molar-refractivity contribution >= 4 is 27.3 Å². The second-order valence-electron chi connectivity index (χ2n) is 5.53. The van der Waals surface area contributed by atoms with Gasteiger partial charge in [-0.1, -0.05) is 36.4 Å². The Hall–Kier alpha value is -2.34. The molecule has 0 aliphatic carbocycles. The van der Waals surface area contributed by atoms with E-state index in [1.54, 1.807) is 29.2 Å². The number of carbonyl (C=O) groups is 1. The molecular weight excluding hydrogens is 312 g/mol. The second kappa shape index (κ2) is 6.04. The normalized spacial score (nSPS) is 13.7. The van der Waals surface area contributed by atoms with Gasteiger partial charge in [0.25, 0.3) is 0 Å². The molecule has 0 radical (unpaired) electrons. The van der Waals surface area contributed by atoms with Crippen LogP contribution in [0, 0.1) is 0 Å². The Labute approximate surface area is 136 Å². The van der Waals surface area contributed by atoms with Gasteiger partial charge in [-0.3, -0.25) is 9.10 Å². The predicted molar refractivity (Wildman–Crippen MR) is 91.1 cm³/mol. The lowest BCUT2D eigenvalue weighted by Gasteiger charge is -2.25. The first-order valence-corrected chi connectivity index (χ1v) is 9.23. The first kappa shape index (κ1) is 15.6. The van der Waals surface area contributed by atoms with Crippen LogP contribution in [0.5, 0.6) is 0 Å². The number of sulfonamides is 1. The van der Waals surface area contributed by atoms with E-state index in [0.29, 0.717) is 12.2 Å². The smallest absolute Gasteiger partial charge is 0.247 e. The molecule has 0 fully saturated rings. The van der Waals surface area contributed by atoms with Gasteiger partial charge in [-0.15, -0.1) is 0 Å². The quantitative estimate of drug-likeness (QED) is 0.862. The number of hydrogen-bond donors (Lipinski definition) is 0. The second-order valence-corrected chi connectivity index (χ2v) is 7.44. The molecule has 3 rings (SSSR count). The molecule has 1 amide bonds. The summed E-state index contributed by atoms with van der Waals surface area (Å²) in [4.78, 5) is 14.3. The molecule has 0 saturated heterocycles. The minimum absolute atomic E-state index is 0.197. The van der Waals surface area contributed by atoms with Gasteiger partial charge >= 0.3 is 0 Å². The van der Waals surface area contributed by atoms with E-state index >= 15 is 0 Å². The largest absolute Gasteiger partial charge is 0.310 e. The van der Waals surface area contributed by atoms with Crippen molar-refractivity contribution < 1.29 is 13.2 Å². The van der Waals surface area contributed by atoms with E-state index in [9.17, 15) is 13.2 Å². The SMILES string of the molecule is CS(=O)(=O)N(CC(=O)N1CCc2ccccc21)c1ccccc1. The van der Waals surface area contributed by atoms with Gasteiger partial charge in [0.2, 0.25) is 15.9 Å². The fourth-order valence-corrected chi connectivity index (χ4v) is 3.65. The van der Waals surface area contributed by atoms with Crippen LogP contribution in [0.1, 0.15) is 5.56 Å². The van der Waals surface area contributed by atoms with Gasteiger partial charge in [-0.25, -0.2) is 8.42 Å². The van der Waals surface area contributed by atoms with Crippen LogP contribution in [0.2, 0.25) is 0 Å². The molecule has 0 unspecified atom stereocenters. The Morgan fingerprint density at radius 3 is 2.43 bits per heavy atom. The molecule has 6 heteroatoms. The zero-order valence-corrected chi connectivity index (χ0v) is 13.7. The van der Waals surface area contributed by atoms with Crippen molar-refractivity contribution in [1.29, 1.82) is 0 Å². The zero-order chi connectivity index (χ0) is 16.4. The summed E-state index contributed by atoms with van der Waals surface area (Å²) in [5.74, 6) is -0.218. The monoisotopic (exact) mass is 330 g/mol. The molecule has 0 atom stereocenters. The number of carbonyl (C=O) groups excluding carboxylic acids is 1. The van der Waals surface area contributed by atoms with Crippen LogP contribution < -0.4 is 9.21 Å². The van der Waals surface area contributed by atoms with Crippen LogP contribution in [0.4, 0.5) is 11.4 Å². The highest BCUT2D eigenvalue weighted by atomic mass is 32.2. The minimum atomic E-state index is -3.53. The fraction of sp³-hybridized carbons (Fsp3) is 0.235. The summed E-state index contributed by atoms with van der Waals surface area (Å²) >= 11 is 0. The molecule has 23 heavy (non-hydrogen) atoms. The molecule has 0 saturated carbocycles. The molecule has 2 aromatic rings. The van der Waals surface area contributed by atoms with Gasteiger partial charge < -0.3 is 4.90 Å². The first-order chi connectivity index (χ1) is 11.0. The lowest BCUT2D eigenvalue weighted by atomic mass is 10.2. The summed E-state index contributed by atoms with van der Waals surface area (Å²) < 4.78 is 25.3. The van der Waals surface area contributed by atoms with Crippen LogP contribution in [-0.4, -0.2) is 33.7 Å². The number of para-hydroxylation sites is 2. The zero-order valence-electron chi connectivity index (χ0n) is 12.8. The highest BCUT2D eigenvalue weighted by molar-refractivity contribution is 7.92. The van der Waals surface area contributed by atoms with Gasteiger partial charge in [0.15, 0.2) is 0 Å². The van der Waals surface area contributed by atoms with Crippen molar-refractivity contribution in [2.24, 2.45) is 0 Å². The molecule has 0 spiro atoms. The maximum atomic E-state index is 12.7. The van der Waals surface area contributed by atoms with Crippen molar-refractivity contribution in [2.45, 2.75) is 6.42 Å². The number of anilines is 2. The Balaban J connectivity index is 1.86. The van der Waals surface area contributed by atoms with Crippen molar-refractivity contribution in [1.82, 2.24) is 0 Å². The highest BCUT2D eigenvalue weighted by Gasteiger charge is 2.28. The first-order valence-electron chi connectivity index (χ1n) is 7.38. The van der Waals surface area contributed by atoms with Crippen LogP contribution in [0.3, 0.4) is 0 Å². The van der Waals surface area contributed by atoms with Gasteiger partial charge in [0, 0.05) is 12.2 Å². The number of benzene rings is 2. The highest BCUT2D eigenvalue weighted by Crippen LogP contribution is 2.28. The molecule has 2 aromatic carbocycles. The molecule has 1 aliphatic rings. The summed E-state index contributed by atoms with van der Waals surface area (Å²) in [7, 11) is -3.53. The lowest BCUT2D eigenvalue weighted by molar-refractivity contribution is -0.117. The molecule has 1 heterocycles. The Morgan fingerprint density at radius 1 is 1.09 bits per heavy atom. The third kappa shape index (κ3) is 3.22. The minimum Gasteiger partial charge on any atom is -0.310 e. The number of amides is 1. The van der Waals surface area contributed by atoms with Crippen LogP contribution in [-0.2, 0) is 21.2 Å².